The van der Waals surface area contributed by atoms with Gasteiger partial charge in [0, 0.05) is 28.0 Å². The molecule has 2 aromatic heterocycles. The molecule has 1 unspecified atom stereocenters. The van der Waals surface area contributed by atoms with E-state index in [4.69, 9.17) is 10.8 Å². The van der Waals surface area contributed by atoms with Crippen molar-refractivity contribution in [2.45, 2.75) is 19.0 Å². The Hall–Kier alpha value is -0.760. The van der Waals surface area contributed by atoms with Crippen LogP contribution in [0.25, 0.3) is 0 Å². The van der Waals surface area contributed by atoms with E-state index in [1.54, 1.807) is 16.0 Å². The van der Waals surface area contributed by atoms with E-state index in [-0.39, 0.29) is 12.6 Å². The third kappa shape index (κ3) is 3.35. The summed E-state index contributed by atoms with van der Waals surface area (Å²) in [5, 5.41) is 18.9. The minimum atomic E-state index is -0.270. The Morgan fingerprint density at radius 2 is 2.41 bits per heavy atom. The summed E-state index contributed by atoms with van der Waals surface area (Å²) in [5.74, 6) is 0. The minimum Gasteiger partial charge on any atom is -0.395 e. The van der Waals surface area contributed by atoms with Gasteiger partial charge in [0.05, 0.1) is 18.8 Å². The van der Waals surface area contributed by atoms with E-state index in [0.717, 1.165) is 10.2 Å². The molecule has 0 aliphatic heterocycles. The molecule has 17 heavy (non-hydrogen) atoms. The van der Waals surface area contributed by atoms with Gasteiger partial charge in [-0.05, 0) is 27.4 Å². The van der Waals surface area contributed by atoms with Crippen LogP contribution in [0.2, 0.25) is 0 Å². The number of hydrogen-bond acceptors (Lipinski definition) is 5. The Balaban J connectivity index is 2.01. The molecule has 1 atom stereocenters. The molecule has 0 saturated carbocycles. The van der Waals surface area contributed by atoms with Crippen LogP contribution in [-0.2, 0) is 13.0 Å². The van der Waals surface area contributed by atoms with Crippen LogP contribution in [0, 0.1) is 0 Å². The summed E-state index contributed by atoms with van der Waals surface area (Å²) < 4.78 is 2.86. The highest BCUT2D eigenvalue weighted by atomic mass is 79.9. The maximum atomic E-state index is 8.86. The number of thiophene rings is 1. The summed E-state index contributed by atoms with van der Waals surface area (Å²) in [6.45, 7) is 0.656. The minimum absolute atomic E-state index is 0.0384. The molecule has 2 heterocycles. The lowest BCUT2D eigenvalue weighted by atomic mass is 10.2. The largest absolute Gasteiger partial charge is 0.395 e. The van der Waals surface area contributed by atoms with Crippen molar-refractivity contribution in [3.8, 4) is 0 Å². The van der Waals surface area contributed by atoms with E-state index in [9.17, 15) is 0 Å². The van der Waals surface area contributed by atoms with Crippen LogP contribution >= 0.6 is 27.3 Å². The number of aliphatic hydroxyl groups is 1. The molecule has 0 aliphatic rings. The summed E-state index contributed by atoms with van der Waals surface area (Å²) in [6, 6.07) is 1.74. The summed E-state index contributed by atoms with van der Waals surface area (Å²) in [4.78, 5) is 1.20. The SMILES string of the molecule is NC(CO)Cc1cn(Cc2sccc2Br)nn1. The zero-order chi connectivity index (χ0) is 12.3. The van der Waals surface area contributed by atoms with Gasteiger partial charge in [0.2, 0.25) is 0 Å². The Morgan fingerprint density at radius 1 is 1.59 bits per heavy atom. The molecule has 0 aromatic carbocycles. The molecule has 0 aliphatic carbocycles. The monoisotopic (exact) mass is 316 g/mol. The van der Waals surface area contributed by atoms with Crippen molar-refractivity contribution in [2.75, 3.05) is 6.61 Å². The van der Waals surface area contributed by atoms with Crippen molar-refractivity contribution in [3.05, 3.63) is 32.7 Å². The van der Waals surface area contributed by atoms with E-state index in [2.05, 4.69) is 26.2 Å². The Morgan fingerprint density at radius 3 is 3.06 bits per heavy atom. The first-order chi connectivity index (χ1) is 8.19. The lowest BCUT2D eigenvalue weighted by Gasteiger charge is -2.03. The standard InChI is InChI=1S/C10H13BrN4OS/c11-9-1-2-17-10(9)5-15-4-8(13-14-15)3-7(12)6-16/h1-2,4,7,16H,3,5-6,12H2. The fraction of sp³-hybridized carbons (Fsp3) is 0.400. The third-order valence-electron chi connectivity index (χ3n) is 2.29. The van der Waals surface area contributed by atoms with Gasteiger partial charge in [-0.2, -0.15) is 0 Å². The van der Waals surface area contributed by atoms with Crippen LogP contribution in [-0.4, -0.2) is 32.7 Å². The molecule has 5 nitrogen and oxygen atoms in total. The van der Waals surface area contributed by atoms with Gasteiger partial charge >= 0.3 is 0 Å². The quantitative estimate of drug-likeness (QED) is 0.863. The Kier molecular flexibility index (Phi) is 4.27. The molecular weight excluding hydrogens is 304 g/mol. The molecule has 0 spiro atoms. The molecule has 3 N–H and O–H groups in total. The smallest absolute Gasteiger partial charge is 0.0843 e. The number of hydrogen-bond donors (Lipinski definition) is 2. The van der Waals surface area contributed by atoms with Gasteiger partial charge in [-0.25, -0.2) is 4.68 Å². The first kappa shape index (κ1) is 12.7. The molecule has 0 fully saturated rings. The second-order valence-electron chi connectivity index (χ2n) is 3.75. The zero-order valence-corrected chi connectivity index (χ0v) is 11.5. The van der Waals surface area contributed by atoms with Crippen LogP contribution in [0.15, 0.2) is 22.1 Å². The predicted octanol–water partition coefficient (Wildman–Crippen LogP) is 1.01. The van der Waals surface area contributed by atoms with Gasteiger partial charge < -0.3 is 10.8 Å². The van der Waals surface area contributed by atoms with Crippen molar-refractivity contribution in [3.63, 3.8) is 0 Å². The van der Waals surface area contributed by atoms with Gasteiger partial charge in [-0.3, -0.25) is 0 Å². The average molecular weight is 317 g/mol. The van der Waals surface area contributed by atoms with Crippen molar-refractivity contribution in [2.24, 2.45) is 5.73 Å². The van der Waals surface area contributed by atoms with Crippen LogP contribution in [0.4, 0.5) is 0 Å². The number of halogens is 1. The second-order valence-corrected chi connectivity index (χ2v) is 5.60. The number of nitrogens with zero attached hydrogens (tertiary/aromatic N) is 3. The highest BCUT2D eigenvalue weighted by Gasteiger charge is 2.08. The predicted molar refractivity (Wildman–Crippen MR) is 69.9 cm³/mol. The topological polar surface area (TPSA) is 77.0 Å². The molecule has 7 heteroatoms. The Labute approximate surface area is 111 Å². The van der Waals surface area contributed by atoms with E-state index < -0.39 is 0 Å². The lowest BCUT2D eigenvalue weighted by molar-refractivity contribution is 0.264. The summed E-state index contributed by atoms with van der Waals surface area (Å²) in [7, 11) is 0. The highest BCUT2D eigenvalue weighted by Crippen LogP contribution is 2.23. The van der Waals surface area contributed by atoms with E-state index in [1.165, 1.54) is 4.88 Å². The lowest BCUT2D eigenvalue weighted by Crippen LogP contribution is -2.26. The van der Waals surface area contributed by atoms with Crippen LogP contribution < -0.4 is 5.73 Å². The van der Waals surface area contributed by atoms with E-state index >= 15 is 0 Å². The molecule has 0 amide bonds. The molecular formula is C10H13BrN4OS. The molecule has 92 valence electrons. The first-order valence-electron chi connectivity index (χ1n) is 5.16. The highest BCUT2D eigenvalue weighted by molar-refractivity contribution is 9.10. The number of aromatic nitrogens is 3. The summed E-state index contributed by atoms with van der Waals surface area (Å²) >= 11 is 5.15. The van der Waals surface area contributed by atoms with E-state index in [0.29, 0.717) is 13.0 Å². The van der Waals surface area contributed by atoms with Crippen molar-refractivity contribution in [1.29, 1.82) is 0 Å². The molecule has 0 radical (unpaired) electrons. The number of nitrogens with two attached hydrogens (primary N) is 1. The number of rotatable bonds is 5. The molecule has 0 saturated heterocycles. The third-order valence-corrected chi connectivity index (χ3v) is 4.20. The Bertz CT molecular complexity index is 484. The van der Waals surface area contributed by atoms with Crippen LogP contribution in [0.1, 0.15) is 10.6 Å². The summed E-state index contributed by atoms with van der Waals surface area (Å²) in [5.41, 5.74) is 6.45. The van der Waals surface area contributed by atoms with Crippen LogP contribution in [0.3, 0.4) is 0 Å². The van der Waals surface area contributed by atoms with E-state index in [1.807, 2.05) is 17.6 Å². The van der Waals surface area contributed by atoms with Gasteiger partial charge in [0.25, 0.3) is 0 Å². The summed E-state index contributed by atoms with van der Waals surface area (Å²) in [6.07, 6.45) is 2.41. The van der Waals surface area contributed by atoms with Crippen LogP contribution in [0.5, 0.6) is 0 Å². The van der Waals surface area contributed by atoms with Crippen molar-refractivity contribution >= 4 is 27.3 Å². The number of aliphatic hydroxyl groups excluding tert-OH is 1. The second kappa shape index (κ2) is 5.72. The zero-order valence-electron chi connectivity index (χ0n) is 9.08. The fourth-order valence-electron chi connectivity index (χ4n) is 1.43. The normalized spacial score (nSPS) is 12.9. The first-order valence-corrected chi connectivity index (χ1v) is 6.83. The maximum absolute atomic E-state index is 8.86. The van der Waals surface area contributed by atoms with Gasteiger partial charge in [-0.15, -0.1) is 16.4 Å². The fourth-order valence-corrected chi connectivity index (χ4v) is 2.90. The maximum Gasteiger partial charge on any atom is 0.0843 e. The molecule has 2 aromatic rings. The van der Waals surface area contributed by atoms with Crippen molar-refractivity contribution in [1.82, 2.24) is 15.0 Å². The van der Waals surface area contributed by atoms with Gasteiger partial charge in [-0.1, -0.05) is 5.21 Å². The molecule has 2 rings (SSSR count). The van der Waals surface area contributed by atoms with Gasteiger partial charge in [0.1, 0.15) is 0 Å². The van der Waals surface area contributed by atoms with Gasteiger partial charge in [0.15, 0.2) is 0 Å². The average Bonchev–Trinajstić information content (AvgIpc) is 2.90. The van der Waals surface area contributed by atoms with Crippen molar-refractivity contribution < 1.29 is 5.11 Å². The molecule has 0 bridgehead atoms.